The van der Waals surface area contributed by atoms with Gasteiger partial charge in [-0.2, -0.15) is 0 Å². The van der Waals surface area contributed by atoms with Crippen LogP contribution in [0.2, 0.25) is 0 Å². The van der Waals surface area contributed by atoms with Crippen molar-refractivity contribution in [3.63, 3.8) is 0 Å². The van der Waals surface area contributed by atoms with Crippen molar-refractivity contribution in [3.8, 4) is 0 Å². The molecule has 5 heteroatoms. The number of likely N-dealkylation sites (tertiary alicyclic amines) is 1. The number of nitrogens with one attached hydrogen (secondary N) is 1. The van der Waals surface area contributed by atoms with Crippen molar-refractivity contribution in [1.29, 1.82) is 0 Å². The Labute approximate surface area is 108 Å². The summed E-state index contributed by atoms with van der Waals surface area (Å²) in [6.45, 7) is 0.397. The molecule has 0 aromatic carbocycles. The molecule has 0 bridgehead atoms. The molecule has 18 heavy (non-hydrogen) atoms. The first-order valence-corrected chi connectivity index (χ1v) is 6.79. The molecule has 0 aromatic heterocycles. The lowest BCUT2D eigenvalue weighted by Crippen LogP contribution is -2.41. The average Bonchev–Trinajstić information content (AvgIpc) is 2.92. The van der Waals surface area contributed by atoms with Gasteiger partial charge in [-0.25, -0.2) is 0 Å². The minimum atomic E-state index is -0.444. The van der Waals surface area contributed by atoms with E-state index in [9.17, 15) is 14.7 Å². The number of carbonyl (C=O) groups is 2. The van der Waals surface area contributed by atoms with Gasteiger partial charge in [0, 0.05) is 13.6 Å². The summed E-state index contributed by atoms with van der Waals surface area (Å²) in [7, 11) is 1.50. The van der Waals surface area contributed by atoms with Crippen molar-refractivity contribution in [2.45, 2.75) is 50.7 Å². The first kappa shape index (κ1) is 13.5. The maximum atomic E-state index is 11.6. The molecule has 0 radical (unpaired) electrons. The molecule has 2 rings (SSSR count). The molecule has 2 amide bonds. The molecule has 1 saturated heterocycles. The molecule has 2 N–H and O–H groups in total. The van der Waals surface area contributed by atoms with Crippen LogP contribution in [0.15, 0.2) is 0 Å². The molecule has 5 nitrogen and oxygen atoms in total. The SMILES string of the molecule is CN1C(=O)CC(NCC(O)CC2CCCC2)C1=O. The molecule has 1 aliphatic heterocycles. The van der Waals surface area contributed by atoms with E-state index in [4.69, 9.17) is 0 Å². The number of nitrogens with zero attached hydrogens (tertiary/aromatic N) is 1. The van der Waals surface area contributed by atoms with E-state index in [0.29, 0.717) is 12.5 Å². The summed E-state index contributed by atoms with van der Waals surface area (Å²) >= 11 is 0. The van der Waals surface area contributed by atoms with Crippen LogP contribution in [0, 0.1) is 5.92 Å². The highest BCUT2D eigenvalue weighted by Crippen LogP contribution is 2.28. The van der Waals surface area contributed by atoms with E-state index in [1.54, 1.807) is 0 Å². The van der Waals surface area contributed by atoms with Crippen LogP contribution in [-0.4, -0.2) is 47.6 Å². The summed E-state index contributed by atoms with van der Waals surface area (Å²) in [5.41, 5.74) is 0. The van der Waals surface area contributed by atoms with Gasteiger partial charge in [-0.15, -0.1) is 0 Å². The molecule has 2 unspecified atom stereocenters. The number of rotatable bonds is 5. The Morgan fingerprint density at radius 1 is 1.39 bits per heavy atom. The second kappa shape index (κ2) is 5.80. The maximum absolute atomic E-state index is 11.6. The number of hydrogen-bond acceptors (Lipinski definition) is 4. The fraction of sp³-hybridized carbons (Fsp3) is 0.846. The summed E-state index contributed by atoms with van der Waals surface area (Å²) in [5.74, 6) is 0.293. The number of imide groups is 1. The van der Waals surface area contributed by atoms with Crippen LogP contribution in [-0.2, 0) is 9.59 Å². The average molecular weight is 254 g/mol. The second-order valence-electron chi connectivity index (χ2n) is 5.50. The molecule has 1 aliphatic carbocycles. The van der Waals surface area contributed by atoms with Crippen LogP contribution < -0.4 is 5.32 Å². The van der Waals surface area contributed by atoms with E-state index in [1.165, 1.54) is 32.7 Å². The third kappa shape index (κ3) is 3.09. The fourth-order valence-electron chi connectivity index (χ4n) is 2.91. The molecular weight excluding hydrogens is 232 g/mol. The van der Waals surface area contributed by atoms with Crippen molar-refractivity contribution in [2.75, 3.05) is 13.6 Å². The van der Waals surface area contributed by atoms with Gasteiger partial charge in [0.2, 0.25) is 11.8 Å². The molecule has 0 spiro atoms. The van der Waals surface area contributed by atoms with Crippen molar-refractivity contribution >= 4 is 11.8 Å². The highest BCUT2D eigenvalue weighted by Gasteiger charge is 2.35. The van der Waals surface area contributed by atoms with Gasteiger partial charge in [-0.05, 0) is 12.3 Å². The van der Waals surface area contributed by atoms with Crippen LogP contribution in [0.3, 0.4) is 0 Å². The van der Waals surface area contributed by atoms with E-state index >= 15 is 0 Å². The Kier molecular flexibility index (Phi) is 4.35. The lowest BCUT2D eigenvalue weighted by atomic mass is 10.00. The van der Waals surface area contributed by atoms with Crippen molar-refractivity contribution < 1.29 is 14.7 Å². The third-order valence-electron chi connectivity index (χ3n) is 4.06. The summed E-state index contributed by atoms with van der Waals surface area (Å²) in [6, 6.07) is -0.444. The van der Waals surface area contributed by atoms with Crippen molar-refractivity contribution in [2.24, 2.45) is 5.92 Å². The third-order valence-corrected chi connectivity index (χ3v) is 4.06. The van der Waals surface area contributed by atoms with Crippen LogP contribution in [0.25, 0.3) is 0 Å². The molecule has 2 aliphatic rings. The predicted molar refractivity (Wildman–Crippen MR) is 66.8 cm³/mol. The zero-order valence-electron chi connectivity index (χ0n) is 10.9. The highest BCUT2D eigenvalue weighted by atomic mass is 16.3. The number of aliphatic hydroxyl groups is 1. The smallest absolute Gasteiger partial charge is 0.246 e. The molecule has 2 atom stereocenters. The Balaban J connectivity index is 1.71. The normalized spacial score (nSPS) is 27.2. The molecule has 1 saturated carbocycles. The van der Waals surface area contributed by atoms with E-state index in [0.717, 1.165) is 11.3 Å². The molecule has 2 fully saturated rings. The van der Waals surface area contributed by atoms with Gasteiger partial charge in [0.1, 0.15) is 0 Å². The Hall–Kier alpha value is -0.940. The zero-order valence-corrected chi connectivity index (χ0v) is 10.9. The Bertz CT molecular complexity index is 326. The molecule has 0 aromatic rings. The molecular formula is C13H22N2O3. The monoisotopic (exact) mass is 254 g/mol. The standard InChI is InChI=1S/C13H22N2O3/c1-15-12(17)7-11(13(15)18)14-8-10(16)6-9-4-2-3-5-9/h9-11,14,16H,2-8H2,1H3. The molecule has 1 heterocycles. The Morgan fingerprint density at radius 3 is 2.61 bits per heavy atom. The largest absolute Gasteiger partial charge is 0.392 e. The first-order valence-electron chi connectivity index (χ1n) is 6.79. The number of aliphatic hydroxyl groups excluding tert-OH is 1. The fourth-order valence-corrected chi connectivity index (χ4v) is 2.91. The maximum Gasteiger partial charge on any atom is 0.246 e. The highest BCUT2D eigenvalue weighted by molar-refractivity contribution is 6.05. The lowest BCUT2D eigenvalue weighted by molar-refractivity contribution is -0.137. The topological polar surface area (TPSA) is 69.6 Å². The van der Waals surface area contributed by atoms with E-state index in [1.807, 2.05) is 0 Å². The molecule has 102 valence electrons. The predicted octanol–water partition coefficient (Wildman–Crippen LogP) is 0.274. The number of amides is 2. The number of likely N-dealkylation sites (N-methyl/N-ethyl adjacent to an activating group) is 1. The van der Waals surface area contributed by atoms with Crippen LogP contribution in [0.4, 0.5) is 0 Å². The minimum absolute atomic E-state index is 0.150. The van der Waals surface area contributed by atoms with Gasteiger partial charge >= 0.3 is 0 Å². The summed E-state index contributed by atoms with van der Waals surface area (Å²) in [6.07, 6.45) is 5.56. The van der Waals surface area contributed by atoms with Gasteiger partial charge in [-0.1, -0.05) is 25.7 Å². The zero-order chi connectivity index (χ0) is 13.1. The first-order chi connectivity index (χ1) is 8.58. The lowest BCUT2D eigenvalue weighted by Gasteiger charge is -2.18. The van der Waals surface area contributed by atoms with E-state index in [-0.39, 0.29) is 18.2 Å². The van der Waals surface area contributed by atoms with Crippen molar-refractivity contribution in [1.82, 2.24) is 10.2 Å². The van der Waals surface area contributed by atoms with Crippen LogP contribution >= 0.6 is 0 Å². The summed E-state index contributed by atoms with van der Waals surface area (Å²) in [5, 5.41) is 12.9. The number of hydrogen-bond donors (Lipinski definition) is 2. The van der Waals surface area contributed by atoms with E-state index in [2.05, 4.69) is 5.32 Å². The van der Waals surface area contributed by atoms with Gasteiger partial charge in [0.05, 0.1) is 18.6 Å². The van der Waals surface area contributed by atoms with Gasteiger partial charge in [0.15, 0.2) is 0 Å². The van der Waals surface area contributed by atoms with E-state index < -0.39 is 12.1 Å². The number of carbonyl (C=O) groups excluding carboxylic acids is 2. The second-order valence-corrected chi connectivity index (χ2v) is 5.50. The Morgan fingerprint density at radius 2 is 2.06 bits per heavy atom. The van der Waals surface area contributed by atoms with Crippen molar-refractivity contribution in [3.05, 3.63) is 0 Å². The van der Waals surface area contributed by atoms with Gasteiger partial charge < -0.3 is 10.4 Å². The van der Waals surface area contributed by atoms with Gasteiger partial charge in [0.25, 0.3) is 0 Å². The summed E-state index contributed by atoms with van der Waals surface area (Å²) < 4.78 is 0. The quantitative estimate of drug-likeness (QED) is 0.691. The van der Waals surface area contributed by atoms with Crippen LogP contribution in [0.1, 0.15) is 38.5 Å². The van der Waals surface area contributed by atoms with Gasteiger partial charge in [-0.3, -0.25) is 14.5 Å². The minimum Gasteiger partial charge on any atom is -0.392 e. The summed E-state index contributed by atoms with van der Waals surface area (Å²) in [4.78, 5) is 24.1. The van der Waals surface area contributed by atoms with Crippen LogP contribution in [0.5, 0.6) is 0 Å².